The van der Waals surface area contributed by atoms with E-state index in [-0.39, 0.29) is 18.1 Å². The van der Waals surface area contributed by atoms with Crippen molar-refractivity contribution >= 4 is 11.8 Å². The first-order valence-corrected chi connectivity index (χ1v) is 6.61. The van der Waals surface area contributed by atoms with Gasteiger partial charge in [0.25, 0.3) is 0 Å². The van der Waals surface area contributed by atoms with Crippen molar-refractivity contribution in [3.8, 4) is 0 Å². The van der Waals surface area contributed by atoms with Crippen LogP contribution in [0.25, 0.3) is 0 Å². The molecule has 3 heterocycles. The van der Waals surface area contributed by atoms with E-state index >= 15 is 0 Å². The van der Waals surface area contributed by atoms with Crippen molar-refractivity contribution in [2.45, 2.75) is 32.0 Å². The molecule has 1 saturated heterocycles. The molecular formula is C14H16N4O2. The Hall–Kier alpha value is -2.37. The zero-order chi connectivity index (χ0) is 13.9. The van der Waals surface area contributed by atoms with Crippen LogP contribution in [0.4, 0.5) is 5.82 Å². The molecule has 2 atom stereocenters. The average molecular weight is 272 g/mol. The van der Waals surface area contributed by atoms with Crippen LogP contribution >= 0.6 is 0 Å². The van der Waals surface area contributed by atoms with E-state index in [9.17, 15) is 4.79 Å². The summed E-state index contributed by atoms with van der Waals surface area (Å²) in [7, 11) is 0. The topological polar surface area (TPSA) is 69.0 Å². The number of anilines is 1. The number of carbonyl (C=O) groups is 1. The third kappa shape index (κ3) is 2.79. The molecule has 0 unspecified atom stereocenters. The summed E-state index contributed by atoms with van der Waals surface area (Å²) in [5.41, 5.74) is 0.941. The van der Waals surface area contributed by atoms with Gasteiger partial charge in [-0.2, -0.15) is 5.10 Å². The minimum Gasteiger partial charge on any atom is -0.461 e. The summed E-state index contributed by atoms with van der Waals surface area (Å²) >= 11 is 0. The van der Waals surface area contributed by atoms with Crippen LogP contribution in [-0.4, -0.2) is 32.9 Å². The Morgan fingerprint density at radius 2 is 2.35 bits per heavy atom. The maximum atomic E-state index is 11.6. The number of nitrogens with one attached hydrogen (secondary N) is 1. The minimum absolute atomic E-state index is 0.0318. The Morgan fingerprint density at radius 3 is 3.05 bits per heavy atom. The lowest BCUT2D eigenvalue weighted by molar-refractivity contribution is -0.141. The van der Waals surface area contributed by atoms with E-state index in [1.165, 1.54) is 0 Å². The molecule has 0 aliphatic carbocycles. The van der Waals surface area contributed by atoms with Gasteiger partial charge in [-0.05, 0) is 19.1 Å². The highest BCUT2D eigenvalue weighted by Gasteiger charge is 2.32. The molecule has 1 aliphatic heterocycles. The van der Waals surface area contributed by atoms with Gasteiger partial charge in [0.2, 0.25) is 0 Å². The Labute approximate surface area is 116 Å². The Morgan fingerprint density at radius 1 is 1.45 bits per heavy atom. The number of pyridine rings is 1. The van der Waals surface area contributed by atoms with Crippen LogP contribution in [-0.2, 0) is 16.1 Å². The summed E-state index contributed by atoms with van der Waals surface area (Å²) in [4.78, 5) is 15.8. The highest BCUT2D eigenvalue weighted by atomic mass is 16.6. The van der Waals surface area contributed by atoms with E-state index in [4.69, 9.17) is 4.74 Å². The molecule has 3 rings (SSSR count). The van der Waals surface area contributed by atoms with Crippen LogP contribution in [0.2, 0.25) is 0 Å². The Bertz CT molecular complexity index is 596. The van der Waals surface area contributed by atoms with E-state index in [1.54, 1.807) is 10.9 Å². The lowest BCUT2D eigenvalue weighted by atomic mass is 10.2. The molecule has 0 amide bonds. The number of carbonyl (C=O) groups excluding carboxylic acids is 1. The molecule has 0 radical (unpaired) electrons. The summed E-state index contributed by atoms with van der Waals surface area (Å²) in [6.45, 7) is 2.49. The molecule has 1 aliphatic rings. The molecule has 0 bridgehead atoms. The van der Waals surface area contributed by atoms with Crippen molar-refractivity contribution in [1.82, 2.24) is 14.8 Å². The van der Waals surface area contributed by atoms with Crippen LogP contribution in [0.3, 0.4) is 0 Å². The van der Waals surface area contributed by atoms with Crippen LogP contribution < -0.4 is 5.32 Å². The summed E-state index contributed by atoms with van der Waals surface area (Å²) in [5.74, 6) is 0.466. The molecule has 0 aromatic carbocycles. The average Bonchev–Trinajstić information content (AvgIpc) is 2.98. The van der Waals surface area contributed by atoms with Crippen molar-refractivity contribution in [3.63, 3.8) is 0 Å². The van der Waals surface area contributed by atoms with Gasteiger partial charge < -0.3 is 10.1 Å². The second-order valence-electron chi connectivity index (χ2n) is 4.90. The number of rotatable bonds is 4. The van der Waals surface area contributed by atoms with Gasteiger partial charge in [0.1, 0.15) is 18.0 Å². The second kappa shape index (κ2) is 5.32. The highest BCUT2D eigenvalue weighted by molar-refractivity contribution is 5.80. The molecule has 6 heteroatoms. The quantitative estimate of drug-likeness (QED) is 0.853. The zero-order valence-corrected chi connectivity index (χ0v) is 11.2. The molecule has 2 aromatic rings. The molecule has 6 nitrogen and oxygen atoms in total. The first kappa shape index (κ1) is 12.7. The van der Waals surface area contributed by atoms with E-state index in [0.717, 1.165) is 5.69 Å². The van der Waals surface area contributed by atoms with Crippen LogP contribution in [0, 0.1) is 0 Å². The van der Waals surface area contributed by atoms with Gasteiger partial charge in [0, 0.05) is 24.9 Å². The molecule has 0 spiro atoms. The maximum absolute atomic E-state index is 11.6. The number of hydrogen-bond donors (Lipinski definition) is 1. The molecular weight excluding hydrogens is 256 g/mol. The number of nitrogens with zero attached hydrogens (tertiary/aromatic N) is 3. The van der Waals surface area contributed by atoms with Gasteiger partial charge in [-0.3, -0.25) is 9.67 Å². The van der Waals surface area contributed by atoms with E-state index in [2.05, 4.69) is 15.4 Å². The molecule has 2 aromatic heterocycles. The summed E-state index contributed by atoms with van der Waals surface area (Å²) in [5, 5.41) is 7.49. The van der Waals surface area contributed by atoms with Gasteiger partial charge in [-0.1, -0.05) is 6.07 Å². The Kier molecular flexibility index (Phi) is 3.37. The summed E-state index contributed by atoms with van der Waals surface area (Å²) < 4.78 is 6.89. The van der Waals surface area contributed by atoms with Gasteiger partial charge in [-0.25, -0.2) is 4.79 Å². The molecule has 0 saturated carbocycles. The monoisotopic (exact) mass is 272 g/mol. The van der Waals surface area contributed by atoms with Gasteiger partial charge >= 0.3 is 5.97 Å². The molecule has 1 N–H and O–H groups in total. The smallest absolute Gasteiger partial charge is 0.329 e. The zero-order valence-electron chi connectivity index (χ0n) is 11.2. The first-order chi connectivity index (χ1) is 9.70. The first-order valence-electron chi connectivity index (χ1n) is 6.61. The number of cyclic esters (lactones) is 1. The van der Waals surface area contributed by atoms with E-state index in [1.807, 2.05) is 37.4 Å². The van der Waals surface area contributed by atoms with Gasteiger partial charge in [0.05, 0.1) is 12.2 Å². The van der Waals surface area contributed by atoms with Crippen molar-refractivity contribution in [3.05, 3.63) is 42.4 Å². The molecule has 104 valence electrons. The van der Waals surface area contributed by atoms with Gasteiger partial charge in [0.15, 0.2) is 0 Å². The fraction of sp³-hybridized carbons (Fsp3) is 0.357. The second-order valence-corrected chi connectivity index (χ2v) is 4.90. The predicted molar refractivity (Wildman–Crippen MR) is 73.1 cm³/mol. The SMILES string of the molecule is C[C@@H]1C[C@@H](Nc2ccn(Cc3ccccn3)n2)C(=O)O1. The normalized spacial score (nSPS) is 21.8. The van der Waals surface area contributed by atoms with Gasteiger partial charge in [-0.15, -0.1) is 0 Å². The predicted octanol–water partition coefficient (Wildman–Crippen LogP) is 1.44. The van der Waals surface area contributed by atoms with E-state index in [0.29, 0.717) is 18.8 Å². The largest absolute Gasteiger partial charge is 0.461 e. The van der Waals surface area contributed by atoms with Crippen molar-refractivity contribution in [2.75, 3.05) is 5.32 Å². The number of hydrogen-bond acceptors (Lipinski definition) is 5. The van der Waals surface area contributed by atoms with Crippen molar-refractivity contribution < 1.29 is 9.53 Å². The maximum Gasteiger partial charge on any atom is 0.329 e. The summed E-state index contributed by atoms with van der Waals surface area (Å²) in [6.07, 6.45) is 4.26. The lowest BCUT2D eigenvalue weighted by Gasteiger charge is -2.06. The molecule has 20 heavy (non-hydrogen) atoms. The van der Waals surface area contributed by atoms with Crippen molar-refractivity contribution in [1.29, 1.82) is 0 Å². The lowest BCUT2D eigenvalue weighted by Crippen LogP contribution is -2.24. The van der Waals surface area contributed by atoms with Crippen LogP contribution in [0.5, 0.6) is 0 Å². The summed E-state index contributed by atoms with van der Waals surface area (Å²) in [6, 6.07) is 7.32. The van der Waals surface area contributed by atoms with Crippen LogP contribution in [0.1, 0.15) is 19.0 Å². The number of ether oxygens (including phenoxy) is 1. The van der Waals surface area contributed by atoms with E-state index < -0.39 is 0 Å². The number of esters is 1. The Balaban J connectivity index is 1.64. The minimum atomic E-state index is -0.303. The van der Waals surface area contributed by atoms with Crippen molar-refractivity contribution in [2.24, 2.45) is 0 Å². The third-order valence-electron chi connectivity index (χ3n) is 3.18. The fourth-order valence-electron chi connectivity index (χ4n) is 2.24. The fourth-order valence-corrected chi connectivity index (χ4v) is 2.24. The highest BCUT2D eigenvalue weighted by Crippen LogP contribution is 2.18. The standard InChI is InChI=1S/C14H16N4O2/c1-10-8-12(14(19)20-10)16-13-5-7-18(17-13)9-11-4-2-3-6-15-11/h2-7,10,12H,8-9H2,1H3,(H,16,17)/t10-,12-/m1/s1. The molecule has 1 fully saturated rings. The number of aromatic nitrogens is 3. The third-order valence-corrected chi connectivity index (χ3v) is 3.18. The van der Waals surface area contributed by atoms with Crippen LogP contribution in [0.15, 0.2) is 36.7 Å².